The van der Waals surface area contributed by atoms with E-state index >= 15 is 0 Å². The average Bonchev–Trinajstić information content (AvgIpc) is 2.91. The highest BCUT2D eigenvalue weighted by atomic mass is 32.1. The number of thiophene rings is 1. The zero-order valence-electron chi connectivity index (χ0n) is 10.7. The van der Waals surface area contributed by atoms with Crippen LogP contribution in [-0.4, -0.2) is 37.6 Å². The van der Waals surface area contributed by atoms with Crippen LogP contribution in [0.1, 0.15) is 17.7 Å². The number of ether oxygens (including phenoxy) is 1. The molecule has 2 heterocycles. The van der Waals surface area contributed by atoms with E-state index in [-0.39, 0.29) is 5.91 Å². The lowest BCUT2D eigenvalue weighted by atomic mass is 9.79. The van der Waals surface area contributed by atoms with Crippen molar-refractivity contribution in [1.82, 2.24) is 4.90 Å². The number of nitrogens with zero attached hydrogens (tertiary/aromatic N) is 1. The first-order valence-corrected chi connectivity index (χ1v) is 7.12. The Bertz CT molecular complexity index is 386. The van der Waals surface area contributed by atoms with Gasteiger partial charge in [-0.2, -0.15) is 0 Å². The van der Waals surface area contributed by atoms with Gasteiger partial charge < -0.3 is 15.4 Å². The first kappa shape index (κ1) is 13.5. The van der Waals surface area contributed by atoms with Crippen LogP contribution in [-0.2, 0) is 16.1 Å². The summed E-state index contributed by atoms with van der Waals surface area (Å²) in [6, 6.07) is 4.05. The van der Waals surface area contributed by atoms with E-state index in [0.29, 0.717) is 26.3 Å². The van der Waals surface area contributed by atoms with Gasteiger partial charge in [-0.05, 0) is 24.3 Å². The van der Waals surface area contributed by atoms with E-state index < -0.39 is 5.41 Å². The number of carbonyl (C=O) groups excluding carboxylic acids is 1. The zero-order chi connectivity index (χ0) is 13.0. The SMILES string of the molecule is CN(Cc1cccs1)C(=O)C1(CN)CCOCC1. The summed E-state index contributed by atoms with van der Waals surface area (Å²) in [4.78, 5) is 15.6. The topological polar surface area (TPSA) is 55.6 Å². The molecule has 1 saturated heterocycles. The lowest BCUT2D eigenvalue weighted by Gasteiger charge is -2.37. The summed E-state index contributed by atoms with van der Waals surface area (Å²) in [7, 11) is 1.86. The van der Waals surface area contributed by atoms with Gasteiger partial charge in [-0.3, -0.25) is 4.79 Å². The number of nitrogens with two attached hydrogens (primary N) is 1. The molecule has 0 radical (unpaired) electrons. The molecule has 0 aliphatic carbocycles. The van der Waals surface area contributed by atoms with Gasteiger partial charge >= 0.3 is 0 Å². The molecular formula is C13H20N2O2S. The average molecular weight is 268 g/mol. The van der Waals surface area contributed by atoms with E-state index in [2.05, 4.69) is 0 Å². The Hall–Kier alpha value is -0.910. The summed E-state index contributed by atoms with van der Waals surface area (Å²) in [6.45, 7) is 2.34. The number of amides is 1. The summed E-state index contributed by atoms with van der Waals surface area (Å²) in [6.07, 6.45) is 1.47. The van der Waals surface area contributed by atoms with Crippen molar-refractivity contribution >= 4 is 17.2 Å². The minimum atomic E-state index is -0.412. The molecule has 100 valence electrons. The predicted octanol–water partition coefficient (Wildman–Crippen LogP) is 1.46. The van der Waals surface area contributed by atoms with E-state index in [0.717, 1.165) is 12.8 Å². The lowest BCUT2D eigenvalue weighted by molar-refractivity contribution is -0.146. The van der Waals surface area contributed by atoms with E-state index in [9.17, 15) is 4.79 Å². The number of hydrogen-bond acceptors (Lipinski definition) is 4. The normalized spacial score (nSPS) is 18.6. The molecule has 1 amide bonds. The summed E-state index contributed by atoms with van der Waals surface area (Å²) in [5.74, 6) is 0.154. The van der Waals surface area contributed by atoms with Crippen LogP contribution in [0.25, 0.3) is 0 Å². The van der Waals surface area contributed by atoms with Crippen molar-refractivity contribution in [2.75, 3.05) is 26.8 Å². The van der Waals surface area contributed by atoms with Gasteiger partial charge in [-0.25, -0.2) is 0 Å². The van der Waals surface area contributed by atoms with Crippen LogP contribution in [0.4, 0.5) is 0 Å². The highest BCUT2D eigenvalue weighted by Gasteiger charge is 2.40. The second kappa shape index (κ2) is 5.82. The monoisotopic (exact) mass is 268 g/mol. The van der Waals surface area contributed by atoms with Gasteiger partial charge in [0, 0.05) is 31.7 Å². The maximum Gasteiger partial charge on any atom is 0.230 e. The Kier molecular flexibility index (Phi) is 4.37. The Balaban J connectivity index is 2.04. The molecule has 1 fully saturated rings. The van der Waals surface area contributed by atoms with E-state index in [1.165, 1.54) is 4.88 Å². The third-order valence-electron chi connectivity index (χ3n) is 3.61. The van der Waals surface area contributed by atoms with Gasteiger partial charge in [0.15, 0.2) is 0 Å². The molecule has 0 spiro atoms. The molecule has 5 heteroatoms. The first-order chi connectivity index (χ1) is 8.68. The maximum absolute atomic E-state index is 12.6. The van der Waals surface area contributed by atoms with Crippen molar-refractivity contribution in [2.45, 2.75) is 19.4 Å². The van der Waals surface area contributed by atoms with Gasteiger partial charge in [0.05, 0.1) is 12.0 Å². The molecular weight excluding hydrogens is 248 g/mol. The lowest BCUT2D eigenvalue weighted by Crippen LogP contribution is -2.49. The van der Waals surface area contributed by atoms with Crippen LogP contribution in [0.2, 0.25) is 0 Å². The fourth-order valence-electron chi connectivity index (χ4n) is 2.38. The zero-order valence-corrected chi connectivity index (χ0v) is 11.5. The molecule has 0 bridgehead atoms. The molecule has 0 atom stereocenters. The van der Waals surface area contributed by atoms with Crippen LogP contribution in [0, 0.1) is 5.41 Å². The Labute approximate surface area is 112 Å². The highest BCUT2D eigenvalue weighted by molar-refractivity contribution is 7.09. The molecule has 1 aliphatic rings. The molecule has 18 heavy (non-hydrogen) atoms. The Morgan fingerprint density at radius 3 is 2.83 bits per heavy atom. The second-order valence-electron chi connectivity index (χ2n) is 4.84. The summed E-state index contributed by atoms with van der Waals surface area (Å²) in [5.41, 5.74) is 5.44. The third kappa shape index (κ3) is 2.74. The first-order valence-electron chi connectivity index (χ1n) is 6.24. The highest BCUT2D eigenvalue weighted by Crippen LogP contribution is 2.31. The molecule has 0 saturated carbocycles. The van der Waals surface area contributed by atoms with E-state index in [1.807, 2.05) is 24.6 Å². The van der Waals surface area contributed by atoms with Crippen molar-refractivity contribution in [1.29, 1.82) is 0 Å². The van der Waals surface area contributed by atoms with Crippen LogP contribution < -0.4 is 5.73 Å². The number of hydrogen-bond donors (Lipinski definition) is 1. The van der Waals surface area contributed by atoms with Gasteiger partial charge in [0.1, 0.15) is 0 Å². The Morgan fingerprint density at radius 1 is 1.56 bits per heavy atom. The standard InChI is InChI=1S/C13H20N2O2S/c1-15(9-11-3-2-8-18-11)12(16)13(10-14)4-6-17-7-5-13/h2-3,8H,4-7,9-10,14H2,1H3. The number of rotatable bonds is 4. The van der Waals surface area contributed by atoms with E-state index in [1.54, 1.807) is 16.2 Å². The fraction of sp³-hybridized carbons (Fsp3) is 0.615. The molecule has 1 aliphatic heterocycles. The van der Waals surface area contributed by atoms with Crippen molar-refractivity contribution < 1.29 is 9.53 Å². The van der Waals surface area contributed by atoms with Gasteiger partial charge in [-0.15, -0.1) is 11.3 Å². The molecule has 0 aromatic carbocycles. The van der Waals surface area contributed by atoms with Crippen LogP contribution >= 0.6 is 11.3 Å². The molecule has 1 aromatic heterocycles. The van der Waals surface area contributed by atoms with Crippen molar-refractivity contribution in [3.8, 4) is 0 Å². The predicted molar refractivity (Wildman–Crippen MR) is 72.3 cm³/mol. The number of carbonyl (C=O) groups is 1. The minimum Gasteiger partial charge on any atom is -0.381 e. The van der Waals surface area contributed by atoms with Crippen LogP contribution in [0.3, 0.4) is 0 Å². The Morgan fingerprint density at radius 2 is 2.28 bits per heavy atom. The summed E-state index contributed by atoms with van der Waals surface area (Å²) in [5, 5.41) is 2.03. The molecule has 0 unspecified atom stereocenters. The third-order valence-corrected chi connectivity index (χ3v) is 4.48. The molecule has 4 nitrogen and oxygen atoms in total. The summed E-state index contributed by atoms with van der Waals surface area (Å²) >= 11 is 1.67. The minimum absolute atomic E-state index is 0.154. The van der Waals surface area contributed by atoms with Gasteiger partial charge in [0.2, 0.25) is 5.91 Å². The van der Waals surface area contributed by atoms with E-state index in [4.69, 9.17) is 10.5 Å². The second-order valence-corrected chi connectivity index (χ2v) is 5.87. The van der Waals surface area contributed by atoms with Crippen molar-refractivity contribution in [3.05, 3.63) is 22.4 Å². The van der Waals surface area contributed by atoms with Crippen LogP contribution in [0.15, 0.2) is 17.5 Å². The van der Waals surface area contributed by atoms with Crippen LogP contribution in [0.5, 0.6) is 0 Å². The molecule has 2 rings (SSSR count). The quantitative estimate of drug-likeness (QED) is 0.899. The van der Waals surface area contributed by atoms with Crippen molar-refractivity contribution in [3.63, 3.8) is 0 Å². The van der Waals surface area contributed by atoms with Crippen molar-refractivity contribution in [2.24, 2.45) is 11.1 Å². The maximum atomic E-state index is 12.6. The largest absolute Gasteiger partial charge is 0.381 e. The molecule has 2 N–H and O–H groups in total. The summed E-state index contributed by atoms with van der Waals surface area (Å²) < 4.78 is 5.34. The smallest absolute Gasteiger partial charge is 0.230 e. The van der Waals surface area contributed by atoms with Gasteiger partial charge in [-0.1, -0.05) is 6.07 Å². The molecule has 1 aromatic rings. The fourth-order valence-corrected chi connectivity index (χ4v) is 3.14. The van der Waals surface area contributed by atoms with Gasteiger partial charge in [0.25, 0.3) is 0 Å².